The van der Waals surface area contributed by atoms with E-state index in [0.29, 0.717) is 0 Å². The van der Waals surface area contributed by atoms with Gasteiger partial charge in [-0.3, -0.25) is 0 Å². The first-order chi connectivity index (χ1) is 9.69. The van der Waals surface area contributed by atoms with Crippen LogP contribution in [0.25, 0.3) is 16.7 Å². The molecular formula is C16H18N4. The van der Waals surface area contributed by atoms with Crippen molar-refractivity contribution >= 4 is 10.9 Å². The average molecular weight is 266 g/mol. The highest BCUT2D eigenvalue weighted by Crippen LogP contribution is 2.21. The van der Waals surface area contributed by atoms with Crippen LogP contribution in [-0.2, 0) is 6.54 Å². The van der Waals surface area contributed by atoms with Crippen molar-refractivity contribution in [2.24, 2.45) is 0 Å². The minimum Gasteiger partial charge on any atom is -0.316 e. The van der Waals surface area contributed by atoms with Crippen LogP contribution in [0.15, 0.2) is 36.4 Å². The second kappa shape index (κ2) is 5.06. The summed E-state index contributed by atoms with van der Waals surface area (Å²) >= 11 is 0. The van der Waals surface area contributed by atoms with E-state index in [-0.39, 0.29) is 0 Å². The van der Waals surface area contributed by atoms with Gasteiger partial charge in [0.2, 0.25) is 0 Å². The first kappa shape index (κ1) is 12.8. The molecule has 0 saturated carbocycles. The van der Waals surface area contributed by atoms with Crippen molar-refractivity contribution in [1.82, 2.24) is 20.1 Å². The Morgan fingerprint density at radius 3 is 2.65 bits per heavy atom. The monoisotopic (exact) mass is 266 g/mol. The highest BCUT2D eigenvalue weighted by molar-refractivity contribution is 5.80. The van der Waals surface area contributed by atoms with Gasteiger partial charge in [0.05, 0.1) is 11.2 Å². The maximum atomic E-state index is 4.80. The SMILES string of the molecule is CNCc1cc2ccccc2nc1-n1nc(C)cc1C. The molecule has 0 saturated heterocycles. The third-order valence-corrected chi connectivity index (χ3v) is 3.36. The molecule has 102 valence electrons. The molecule has 0 spiro atoms. The lowest BCUT2D eigenvalue weighted by Crippen LogP contribution is -2.12. The molecule has 1 N–H and O–H groups in total. The lowest BCUT2D eigenvalue weighted by atomic mass is 10.1. The summed E-state index contributed by atoms with van der Waals surface area (Å²) in [5.41, 5.74) is 4.25. The highest BCUT2D eigenvalue weighted by Gasteiger charge is 2.11. The van der Waals surface area contributed by atoms with Gasteiger partial charge >= 0.3 is 0 Å². The van der Waals surface area contributed by atoms with Crippen molar-refractivity contribution in [2.75, 3.05) is 7.05 Å². The predicted molar refractivity (Wildman–Crippen MR) is 81.1 cm³/mol. The van der Waals surface area contributed by atoms with Crippen molar-refractivity contribution in [1.29, 1.82) is 0 Å². The Bertz CT molecular complexity index is 758. The minimum atomic E-state index is 0.769. The normalized spacial score (nSPS) is 11.2. The van der Waals surface area contributed by atoms with Crippen LogP contribution in [0, 0.1) is 13.8 Å². The first-order valence-corrected chi connectivity index (χ1v) is 6.76. The minimum absolute atomic E-state index is 0.769. The predicted octanol–water partition coefficient (Wildman–Crippen LogP) is 2.76. The van der Waals surface area contributed by atoms with Crippen molar-refractivity contribution in [3.05, 3.63) is 53.3 Å². The molecule has 20 heavy (non-hydrogen) atoms. The van der Waals surface area contributed by atoms with Crippen LogP contribution in [0.2, 0.25) is 0 Å². The van der Waals surface area contributed by atoms with Crippen molar-refractivity contribution in [2.45, 2.75) is 20.4 Å². The molecule has 0 fully saturated rings. The molecule has 0 aliphatic heterocycles. The molecule has 0 unspecified atom stereocenters. The van der Waals surface area contributed by atoms with Crippen LogP contribution in [0.3, 0.4) is 0 Å². The van der Waals surface area contributed by atoms with Crippen LogP contribution in [0.4, 0.5) is 0 Å². The summed E-state index contributed by atoms with van der Waals surface area (Å²) in [5.74, 6) is 0.906. The Kier molecular flexibility index (Phi) is 3.24. The molecule has 0 radical (unpaired) electrons. The first-order valence-electron chi connectivity index (χ1n) is 6.76. The van der Waals surface area contributed by atoms with Crippen LogP contribution >= 0.6 is 0 Å². The molecular weight excluding hydrogens is 248 g/mol. The highest BCUT2D eigenvalue weighted by atomic mass is 15.3. The Labute approximate surface area is 118 Å². The molecule has 0 bridgehead atoms. The standard InChI is InChI=1S/C16H18N4/c1-11-8-12(2)20(19-11)16-14(10-17-3)9-13-6-4-5-7-15(13)18-16/h4-9,17H,10H2,1-3H3. The van der Waals surface area contributed by atoms with Crippen LogP contribution in [0.5, 0.6) is 0 Å². The smallest absolute Gasteiger partial charge is 0.158 e. The van der Waals surface area contributed by atoms with Gasteiger partial charge in [-0.15, -0.1) is 0 Å². The zero-order chi connectivity index (χ0) is 14.1. The Hall–Kier alpha value is -2.20. The molecule has 4 nitrogen and oxygen atoms in total. The van der Waals surface area contributed by atoms with Crippen LogP contribution < -0.4 is 5.32 Å². The fourth-order valence-corrected chi connectivity index (χ4v) is 2.50. The number of hydrogen-bond acceptors (Lipinski definition) is 3. The van der Waals surface area contributed by atoms with Crippen molar-refractivity contribution < 1.29 is 0 Å². The number of nitrogens with zero attached hydrogens (tertiary/aromatic N) is 3. The van der Waals surface area contributed by atoms with Gasteiger partial charge in [0.1, 0.15) is 0 Å². The fourth-order valence-electron chi connectivity index (χ4n) is 2.50. The van der Waals surface area contributed by atoms with Crippen molar-refractivity contribution in [3.63, 3.8) is 0 Å². The van der Waals surface area contributed by atoms with Crippen molar-refractivity contribution in [3.8, 4) is 5.82 Å². The largest absolute Gasteiger partial charge is 0.316 e. The molecule has 2 heterocycles. The van der Waals surface area contributed by atoms with E-state index < -0.39 is 0 Å². The van der Waals surface area contributed by atoms with E-state index in [1.165, 1.54) is 0 Å². The van der Waals surface area contributed by atoms with E-state index in [2.05, 4.69) is 35.5 Å². The van der Waals surface area contributed by atoms with E-state index >= 15 is 0 Å². The van der Waals surface area contributed by atoms with Crippen LogP contribution in [0.1, 0.15) is 17.0 Å². The molecule has 2 aromatic heterocycles. The Morgan fingerprint density at radius 2 is 1.95 bits per heavy atom. The molecule has 0 aliphatic carbocycles. The third-order valence-electron chi connectivity index (χ3n) is 3.36. The molecule has 0 atom stereocenters. The number of benzene rings is 1. The number of nitrogens with one attached hydrogen (secondary N) is 1. The van der Waals surface area contributed by atoms with E-state index in [9.17, 15) is 0 Å². The number of aromatic nitrogens is 3. The fraction of sp³-hybridized carbons (Fsp3) is 0.250. The maximum absolute atomic E-state index is 4.80. The number of pyridine rings is 1. The topological polar surface area (TPSA) is 42.7 Å². The van der Waals surface area contributed by atoms with Gasteiger partial charge in [0.15, 0.2) is 5.82 Å². The molecule has 3 rings (SSSR count). The summed E-state index contributed by atoms with van der Waals surface area (Å²) in [5, 5.41) is 8.92. The summed E-state index contributed by atoms with van der Waals surface area (Å²) in [7, 11) is 1.94. The van der Waals surface area contributed by atoms with E-state index in [1.807, 2.05) is 36.9 Å². The van der Waals surface area contributed by atoms with Gasteiger partial charge in [0, 0.05) is 23.2 Å². The summed E-state index contributed by atoms with van der Waals surface area (Å²) in [6.07, 6.45) is 0. The molecule has 1 aromatic carbocycles. The Morgan fingerprint density at radius 1 is 1.15 bits per heavy atom. The summed E-state index contributed by atoms with van der Waals surface area (Å²) < 4.78 is 1.93. The molecule has 3 aromatic rings. The zero-order valence-corrected chi connectivity index (χ0v) is 12.0. The lowest BCUT2D eigenvalue weighted by Gasteiger charge is -2.11. The van der Waals surface area contributed by atoms with Gasteiger partial charge in [-0.05, 0) is 39.1 Å². The van der Waals surface area contributed by atoms with E-state index in [4.69, 9.17) is 4.98 Å². The molecule has 0 amide bonds. The Balaban J connectivity index is 2.26. The lowest BCUT2D eigenvalue weighted by molar-refractivity contribution is 0.759. The van der Waals surface area contributed by atoms with E-state index in [1.54, 1.807) is 0 Å². The zero-order valence-electron chi connectivity index (χ0n) is 12.0. The average Bonchev–Trinajstić information content (AvgIpc) is 2.77. The number of hydrogen-bond donors (Lipinski definition) is 1. The maximum Gasteiger partial charge on any atom is 0.158 e. The molecule has 4 heteroatoms. The second-order valence-corrected chi connectivity index (χ2v) is 5.03. The van der Waals surface area contributed by atoms with Gasteiger partial charge in [-0.2, -0.15) is 5.10 Å². The van der Waals surface area contributed by atoms with E-state index in [0.717, 1.165) is 40.2 Å². The summed E-state index contributed by atoms with van der Waals surface area (Å²) in [6.45, 7) is 4.83. The summed E-state index contributed by atoms with van der Waals surface area (Å²) in [6, 6.07) is 12.4. The van der Waals surface area contributed by atoms with Gasteiger partial charge < -0.3 is 5.32 Å². The van der Waals surface area contributed by atoms with Gasteiger partial charge in [-0.25, -0.2) is 9.67 Å². The quantitative estimate of drug-likeness (QED) is 0.792. The third kappa shape index (κ3) is 2.18. The number of aryl methyl sites for hydroxylation is 2. The number of para-hydroxylation sites is 1. The summed E-state index contributed by atoms with van der Waals surface area (Å²) in [4.78, 5) is 4.80. The number of rotatable bonds is 3. The second-order valence-electron chi connectivity index (χ2n) is 5.03. The van der Waals surface area contributed by atoms with Crippen LogP contribution in [-0.4, -0.2) is 21.8 Å². The number of fused-ring (bicyclic) bond motifs is 1. The molecule has 0 aliphatic rings. The van der Waals surface area contributed by atoms with Gasteiger partial charge in [0.25, 0.3) is 0 Å². The van der Waals surface area contributed by atoms with Gasteiger partial charge in [-0.1, -0.05) is 18.2 Å².